The number of hydrogen-bond acceptors (Lipinski definition) is 3. The fourth-order valence-electron chi connectivity index (χ4n) is 2.85. The van der Waals surface area contributed by atoms with Crippen LogP contribution in [0, 0.1) is 0 Å². The minimum atomic E-state index is -0.186. The van der Waals surface area contributed by atoms with Gasteiger partial charge in [-0.05, 0) is 57.4 Å². The van der Waals surface area contributed by atoms with Gasteiger partial charge in [-0.2, -0.15) is 0 Å². The second kappa shape index (κ2) is 7.09. The molecule has 2 atom stereocenters. The zero-order valence-electron chi connectivity index (χ0n) is 12.9. The molecule has 3 heteroatoms. The van der Waals surface area contributed by atoms with E-state index in [1.807, 2.05) is 19.1 Å². The fourth-order valence-corrected chi connectivity index (χ4v) is 2.85. The summed E-state index contributed by atoms with van der Waals surface area (Å²) >= 11 is 0. The monoisotopic (exact) mass is 277 g/mol. The van der Waals surface area contributed by atoms with Crippen molar-refractivity contribution in [1.82, 2.24) is 5.32 Å². The van der Waals surface area contributed by atoms with Crippen LogP contribution in [0.1, 0.15) is 45.6 Å². The molecule has 1 aliphatic heterocycles. The Balaban J connectivity index is 2.04. The number of nitrogens with one attached hydrogen (secondary N) is 1. The minimum absolute atomic E-state index is 0.186. The lowest BCUT2D eigenvalue weighted by molar-refractivity contribution is -0.0812. The summed E-state index contributed by atoms with van der Waals surface area (Å²) in [7, 11) is 0. The van der Waals surface area contributed by atoms with Crippen molar-refractivity contribution in [3.05, 3.63) is 29.8 Å². The average molecular weight is 277 g/mol. The topological polar surface area (TPSA) is 30.5 Å². The Labute approximate surface area is 122 Å². The molecule has 0 bridgehead atoms. The van der Waals surface area contributed by atoms with E-state index in [1.54, 1.807) is 0 Å². The standard InChI is InChI=1S/C17H27NO2/c1-4-11-18-15-10-12-20-17(3,13-15)14-6-8-16(9-7-14)19-5-2/h6-9,15,18H,4-5,10-13H2,1-3H3. The average Bonchev–Trinajstić information content (AvgIpc) is 2.46. The lowest BCUT2D eigenvalue weighted by Gasteiger charge is -2.39. The first-order valence-corrected chi connectivity index (χ1v) is 7.78. The van der Waals surface area contributed by atoms with Crippen LogP contribution in [-0.2, 0) is 10.3 Å². The molecule has 1 aliphatic rings. The molecule has 112 valence electrons. The zero-order chi connectivity index (χ0) is 14.4. The first-order valence-electron chi connectivity index (χ1n) is 7.78. The SMILES string of the molecule is CCCNC1CCOC(C)(c2ccc(OCC)cc2)C1. The largest absolute Gasteiger partial charge is 0.494 e. The predicted molar refractivity (Wildman–Crippen MR) is 82.2 cm³/mol. The van der Waals surface area contributed by atoms with E-state index in [1.165, 1.54) is 12.0 Å². The van der Waals surface area contributed by atoms with Crippen molar-refractivity contribution < 1.29 is 9.47 Å². The van der Waals surface area contributed by atoms with Gasteiger partial charge in [-0.15, -0.1) is 0 Å². The highest BCUT2D eigenvalue weighted by Gasteiger charge is 2.34. The molecule has 0 amide bonds. The first kappa shape index (κ1) is 15.3. The van der Waals surface area contributed by atoms with Gasteiger partial charge in [-0.25, -0.2) is 0 Å². The molecule has 0 spiro atoms. The molecule has 0 radical (unpaired) electrons. The molecule has 1 heterocycles. The number of hydrogen-bond donors (Lipinski definition) is 1. The van der Waals surface area contributed by atoms with Crippen LogP contribution in [0.5, 0.6) is 5.75 Å². The van der Waals surface area contributed by atoms with Gasteiger partial charge >= 0.3 is 0 Å². The van der Waals surface area contributed by atoms with E-state index < -0.39 is 0 Å². The van der Waals surface area contributed by atoms with Crippen LogP contribution in [0.25, 0.3) is 0 Å². The van der Waals surface area contributed by atoms with E-state index >= 15 is 0 Å². The van der Waals surface area contributed by atoms with E-state index in [9.17, 15) is 0 Å². The molecular formula is C17H27NO2. The second-order valence-electron chi connectivity index (χ2n) is 5.68. The van der Waals surface area contributed by atoms with Crippen LogP contribution in [-0.4, -0.2) is 25.8 Å². The smallest absolute Gasteiger partial charge is 0.119 e. The molecule has 20 heavy (non-hydrogen) atoms. The summed E-state index contributed by atoms with van der Waals surface area (Å²) in [6.45, 7) is 9.02. The molecular weight excluding hydrogens is 250 g/mol. The van der Waals surface area contributed by atoms with Gasteiger partial charge in [0.25, 0.3) is 0 Å². The van der Waals surface area contributed by atoms with Gasteiger partial charge in [0, 0.05) is 12.6 Å². The number of ether oxygens (including phenoxy) is 2. The van der Waals surface area contributed by atoms with Gasteiger partial charge in [-0.1, -0.05) is 19.1 Å². The zero-order valence-corrected chi connectivity index (χ0v) is 12.9. The van der Waals surface area contributed by atoms with Crippen molar-refractivity contribution in [3.8, 4) is 5.75 Å². The quantitative estimate of drug-likeness (QED) is 0.863. The van der Waals surface area contributed by atoms with E-state index in [0.717, 1.165) is 31.7 Å². The molecule has 2 rings (SSSR count). The third kappa shape index (κ3) is 3.74. The Kier molecular flexibility index (Phi) is 5.44. The van der Waals surface area contributed by atoms with Crippen LogP contribution in [0.15, 0.2) is 24.3 Å². The molecule has 1 fully saturated rings. The highest BCUT2D eigenvalue weighted by Crippen LogP contribution is 2.35. The molecule has 2 unspecified atom stereocenters. The molecule has 1 saturated heterocycles. The van der Waals surface area contributed by atoms with Gasteiger partial charge in [0.15, 0.2) is 0 Å². The summed E-state index contributed by atoms with van der Waals surface area (Å²) < 4.78 is 11.6. The molecule has 1 aromatic carbocycles. The fraction of sp³-hybridized carbons (Fsp3) is 0.647. The maximum Gasteiger partial charge on any atom is 0.119 e. The predicted octanol–water partition coefficient (Wildman–Crippen LogP) is 3.48. The van der Waals surface area contributed by atoms with Crippen LogP contribution in [0.3, 0.4) is 0 Å². The maximum atomic E-state index is 6.08. The lowest BCUT2D eigenvalue weighted by Crippen LogP contribution is -2.44. The Morgan fingerprint density at radius 3 is 2.70 bits per heavy atom. The van der Waals surface area contributed by atoms with Crippen molar-refractivity contribution in [2.45, 2.75) is 51.7 Å². The van der Waals surface area contributed by atoms with Crippen molar-refractivity contribution in [2.24, 2.45) is 0 Å². The summed E-state index contributed by atoms with van der Waals surface area (Å²) in [6.07, 6.45) is 3.31. The van der Waals surface area contributed by atoms with Crippen LogP contribution in [0.2, 0.25) is 0 Å². The Morgan fingerprint density at radius 1 is 1.30 bits per heavy atom. The second-order valence-corrected chi connectivity index (χ2v) is 5.68. The van der Waals surface area contributed by atoms with Crippen molar-refractivity contribution in [2.75, 3.05) is 19.8 Å². The minimum Gasteiger partial charge on any atom is -0.494 e. The maximum absolute atomic E-state index is 6.08. The molecule has 1 N–H and O–H groups in total. The summed E-state index contributed by atoms with van der Waals surface area (Å²) in [5, 5.41) is 3.62. The normalized spacial score (nSPS) is 26.4. The molecule has 3 nitrogen and oxygen atoms in total. The Bertz CT molecular complexity index is 404. The van der Waals surface area contributed by atoms with Crippen LogP contribution in [0.4, 0.5) is 0 Å². The third-order valence-corrected chi connectivity index (χ3v) is 3.98. The Morgan fingerprint density at radius 2 is 2.05 bits per heavy atom. The third-order valence-electron chi connectivity index (χ3n) is 3.98. The van der Waals surface area contributed by atoms with Crippen molar-refractivity contribution in [1.29, 1.82) is 0 Å². The van der Waals surface area contributed by atoms with Crippen molar-refractivity contribution in [3.63, 3.8) is 0 Å². The number of rotatable bonds is 6. The first-order chi connectivity index (χ1) is 9.68. The summed E-state index contributed by atoms with van der Waals surface area (Å²) in [4.78, 5) is 0. The van der Waals surface area contributed by atoms with Crippen LogP contribution >= 0.6 is 0 Å². The number of benzene rings is 1. The van der Waals surface area contributed by atoms with E-state index in [4.69, 9.17) is 9.47 Å². The Hall–Kier alpha value is -1.06. The van der Waals surface area contributed by atoms with Gasteiger partial charge in [0.05, 0.1) is 12.2 Å². The van der Waals surface area contributed by atoms with E-state index in [2.05, 4.69) is 31.3 Å². The summed E-state index contributed by atoms with van der Waals surface area (Å²) in [5.74, 6) is 0.927. The highest BCUT2D eigenvalue weighted by atomic mass is 16.5. The van der Waals surface area contributed by atoms with Crippen molar-refractivity contribution >= 4 is 0 Å². The van der Waals surface area contributed by atoms with Gasteiger partial charge < -0.3 is 14.8 Å². The summed E-state index contributed by atoms with van der Waals surface area (Å²) in [5.41, 5.74) is 1.05. The van der Waals surface area contributed by atoms with Gasteiger partial charge in [0.2, 0.25) is 0 Å². The highest BCUT2D eigenvalue weighted by molar-refractivity contribution is 5.31. The molecule has 0 aliphatic carbocycles. The molecule has 0 aromatic heterocycles. The molecule has 0 saturated carbocycles. The lowest BCUT2D eigenvalue weighted by atomic mass is 9.85. The summed E-state index contributed by atoms with van der Waals surface area (Å²) in [6, 6.07) is 8.90. The van der Waals surface area contributed by atoms with Gasteiger partial charge in [0.1, 0.15) is 5.75 Å². The van der Waals surface area contributed by atoms with E-state index in [-0.39, 0.29) is 5.60 Å². The van der Waals surface area contributed by atoms with Gasteiger partial charge in [-0.3, -0.25) is 0 Å². The van der Waals surface area contributed by atoms with E-state index in [0.29, 0.717) is 12.6 Å². The van der Waals surface area contributed by atoms with Crippen LogP contribution < -0.4 is 10.1 Å². The molecule has 1 aromatic rings.